The van der Waals surface area contributed by atoms with Gasteiger partial charge in [-0.25, -0.2) is 4.98 Å². The highest BCUT2D eigenvalue weighted by molar-refractivity contribution is 7.84. The Bertz CT molecular complexity index is 481. The lowest BCUT2D eigenvalue weighted by atomic mass is 9.91. The molecule has 1 heterocycles. The van der Waals surface area contributed by atoms with Crippen molar-refractivity contribution in [1.29, 1.82) is 5.26 Å². The van der Waals surface area contributed by atoms with Crippen LogP contribution < -0.4 is 0 Å². The number of nitriles is 1. The van der Waals surface area contributed by atoms with Gasteiger partial charge in [-0.2, -0.15) is 5.26 Å². The quantitative estimate of drug-likeness (QED) is 0.841. The molecule has 1 aliphatic rings. The Morgan fingerprint density at radius 3 is 3.11 bits per heavy atom. The first-order chi connectivity index (χ1) is 8.69. The summed E-state index contributed by atoms with van der Waals surface area (Å²) in [6.45, 7) is 2.24. The van der Waals surface area contributed by atoms with E-state index in [9.17, 15) is 4.21 Å². The molecule has 18 heavy (non-hydrogen) atoms. The van der Waals surface area contributed by atoms with E-state index >= 15 is 0 Å². The van der Waals surface area contributed by atoms with E-state index in [0.717, 1.165) is 18.4 Å². The molecule has 0 spiro atoms. The van der Waals surface area contributed by atoms with Crippen LogP contribution in [0, 0.1) is 17.2 Å². The van der Waals surface area contributed by atoms with Crippen molar-refractivity contribution in [3.05, 3.63) is 29.6 Å². The molecule has 3 atom stereocenters. The number of pyridine rings is 1. The van der Waals surface area contributed by atoms with E-state index in [1.54, 1.807) is 12.3 Å². The molecule has 0 saturated heterocycles. The van der Waals surface area contributed by atoms with Gasteiger partial charge in [0, 0.05) is 28.0 Å². The van der Waals surface area contributed by atoms with E-state index in [4.69, 9.17) is 5.26 Å². The van der Waals surface area contributed by atoms with Gasteiger partial charge in [-0.1, -0.05) is 19.8 Å². The van der Waals surface area contributed by atoms with Crippen LogP contribution in [0.4, 0.5) is 0 Å². The third kappa shape index (κ3) is 3.39. The highest BCUT2D eigenvalue weighted by Gasteiger charge is 2.23. The fraction of sp³-hybridized carbons (Fsp3) is 0.571. The predicted octanol–water partition coefficient (Wildman–Crippen LogP) is 2.78. The van der Waals surface area contributed by atoms with Gasteiger partial charge in [-0.05, 0) is 36.5 Å². The van der Waals surface area contributed by atoms with Crippen molar-refractivity contribution in [3.63, 3.8) is 0 Å². The fourth-order valence-electron chi connectivity index (χ4n) is 2.52. The summed E-state index contributed by atoms with van der Waals surface area (Å²) in [4.78, 5) is 3.93. The summed E-state index contributed by atoms with van der Waals surface area (Å²) in [5, 5.41) is 9.12. The average molecular weight is 262 g/mol. The van der Waals surface area contributed by atoms with Crippen LogP contribution in [0.15, 0.2) is 18.3 Å². The first-order valence-electron chi connectivity index (χ1n) is 6.41. The lowest BCUT2D eigenvalue weighted by Gasteiger charge is -2.26. The summed E-state index contributed by atoms with van der Waals surface area (Å²) in [5.74, 6) is 1.24. The second kappa shape index (κ2) is 6.10. The van der Waals surface area contributed by atoms with Crippen molar-refractivity contribution >= 4 is 10.8 Å². The maximum Gasteiger partial charge on any atom is 0.140 e. The molecule has 0 aromatic carbocycles. The van der Waals surface area contributed by atoms with E-state index in [-0.39, 0.29) is 0 Å². The first kappa shape index (κ1) is 13.2. The zero-order valence-corrected chi connectivity index (χ0v) is 11.4. The van der Waals surface area contributed by atoms with Gasteiger partial charge in [-0.3, -0.25) is 4.21 Å². The molecule has 0 radical (unpaired) electrons. The number of hydrogen-bond donors (Lipinski definition) is 0. The predicted molar refractivity (Wildman–Crippen MR) is 72.2 cm³/mol. The standard InChI is InChI=1S/C14H18N2OS/c1-11-3-2-4-14(7-11)18(17)10-12-5-6-16-13(8-12)9-15/h5-6,8,11,14H,2-4,7,10H2,1H3. The molecule has 1 aromatic rings. The zero-order chi connectivity index (χ0) is 13.0. The van der Waals surface area contributed by atoms with Gasteiger partial charge in [0.1, 0.15) is 11.8 Å². The number of nitrogens with zero attached hydrogens (tertiary/aromatic N) is 2. The molecular weight excluding hydrogens is 244 g/mol. The van der Waals surface area contributed by atoms with Crippen LogP contribution in [0.25, 0.3) is 0 Å². The van der Waals surface area contributed by atoms with Gasteiger partial charge in [0.05, 0.1) is 0 Å². The summed E-state index contributed by atoms with van der Waals surface area (Å²) < 4.78 is 12.3. The molecule has 1 fully saturated rings. The van der Waals surface area contributed by atoms with Gasteiger partial charge in [0.15, 0.2) is 0 Å². The van der Waals surface area contributed by atoms with Crippen LogP contribution in [0.1, 0.15) is 43.9 Å². The van der Waals surface area contributed by atoms with E-state index in [0.29, 0.717) is 22.6 Å². The Morgan fingerprint density at radius 1 is 1.56 bits per heavy atom. The number of rotatable bonds is 3. The molecule has 4 heteroatoms. The monoisotopic (exact) mass is 262 g/mol. The normalized spacial score (nSPS) is 25.3. The van der Waals surface area contributed by atoms with Crippen LogP contribution in [0.3, 0.4) is 0 Å². The molecule has 1 saturated carbocycles. The summed E-state index contributed by atoms with van der Waals surface area (Å²) in [5.41, 5.74) is 1.36. The third-order valence-electron chi connectivity index (χ3n) is 3.51. The van der Waals surface area contributed by atoms with Crippen molar-refractivity contribution in [2.45, 2.75) is 43.6 Å². The smallest absolute Gasteiger partial charge is 0.140 e. The molecule has 0 bridgehead atoms. The van der Waals surface area contributed by atoms with Gasteiger partial charge in [-0.15, -0.1) is 0 Å². The minimum Gasteiger partial charge on any atom is -0.259 e. The molecule has 3 nitrogen and oxygen atoms in total. The second-order valence-electron chi connectivity index (χ2n) is 5.08. The molecular formula is C14H18N2OS. The minimum absolute atomic E-state index is 0.326. The molecule has 0 amide bonds. The largest absolute Gasteiger partial charge is 0.259 e. The van der Waals surface area contributed by atoms with E-state index < -0.39 is 10.8 Å². The summed E-state index contributed by atoms with van der Waals surface area (Å²) in [7, 11) is -0.826. The topological polar surface area (TPSA) is 53.8 Å². The zero-order valence-electron chi connectivity index (χ0n) is 10.6. The van der Waals surface area contributed by atoms with Gasteiger partial charge in [0.2, 0.25) is 0 Å². The lowest BCUT2D eigenvalue weighted by molar-refractivity contribution is 0.389. The number of hydrogen-bond acceptors (Lipinski definition) is 3. The van der Waals surface area contributed by atoms with Crippen molar-refractivity contribution in [3.8, 4) is 6.07 Å². The van der Waals surface area contributed by atoms with Crippen LogP contribution in [0.2, 0.25) is 0 Å². The first-order valence-corrected chi connectivity index (χ1v) is 7.79. The summed E-state index contributed by atoms with van der Waals surface area (Å²) in [6, 6.07) is 5.61. The Labute approximate surface area is 111 Å². The molecule has 1 aliphatic carbocycles. The molecule has 96 valence electrons. The lowest BCUT2D eigenvalue weighted by Crippen LogP contribution is -2.24. The molecule has 3 unspecified atom stereocenters. The van der Waals surface area contributed by atoms with Crippen LogP contribution in [0.5, 0.6) is 0 Å². The minimum atomic E-state index is -0.826. The van der Waals surface area contributed by atoms with Crippen LogP contribution in [-0.2, 0) is 16.6 Å². The molecule has 1 aromatic heterocycles. The van der Waals surface area contributed by atoms with E-state index in [2.05, 4.69) is 11.9 Å². The van der Waals surface area contributed by atoms with Gasteiger partial charge in [0.25, 0.3) is 0 Å². The van der Waals surface area contributed by atoms with Gasteiger partial charge < -0.3 is 0 Å². The van der Waals surface area contributed by atoms with Crippen molar-refractivity contribution < 1.29 is 4.21 Å². The van der Waals surface area contributed by atoms with Gasteiger partial charge >= 0.3 is 0 Å². The van der Waals surface area contributed by atoms with Crippen molar-refractivity contribution in [2.24, 2.45) is 5.92 Å². The molecule has 0 N–H and O–H groups in total. The third-order valence-corrected chi connectivity index (χ3v) is 5.30. The van der Waals surface area contributed by atoms with E-state index in [1.807, 2.05) is 12.1 Å². The highest BCUT2D eigenvalue weighted by Crippen LogP contribution is 2.28. The van der Waals surface area contributed by atoms with Crippen molar-refractivity contribution in [2.75, 3.05) is 0 Å². The molecule has 2 rings (SSSR count). The Morgan fingerprint density at radius 2 is 2.39 bits per heavy atom. The summed E-state index contributed by atoms with van der Waals surface area (Å²) >= 11 is 0. The van der Waals surface area contributed by atoms with Crippen LogP contribution in [-0.4, -0.2) is 14.4 Å². The van der Waals surface area contributed by atoms with Crippen molar-refractivity contribution in [1.82, 2.24) is 4.98 Å². The Hall–Kier alpha value is -1.21. The summed E-state index contributed by atoms with van der Waals surface area (Å²) in [6.07, 6.45) is 6.23. The second-order valence-corrected chi connectivity index (χ2v) is 6.80. The maximum atomic E-state index is 12.3. The highest BCUT2D eigenvalue weighted by atomic mass is 32.2. The maximum absolute atomic E-state index is 12.3. The SMILES string of the molecule is CC1CCCC(S(=O)Cc2ccnc(C#N)c2)C1. The van der Waals surface area contributed by atoms with Crippen LogP contribution >= 0.6 is 0 Å². The average Bonchev–Trinajstić information content (AvgIpc) is 2.39. The Balaban J connectivity index is 2.00. The Kier molecular flexibility index (Phi) is 4.48. The number of aromatic nitrogens is 1. The van der Waals surface area contributed by atoms with E-state index in [1.165, 1.54) is 12.8 Å². The molecule has 0 aliphatic heterocycles. The fourth-order valence-corrected chi connectivity index (χ4v) is 4.24.